The average molecular weight is 353 g/mol. The lowest BCUT2D eigenvalue weighted by atomic mass is 10.1. The van der Waals surface area contributed by atoms with Crippen LogP contribution < -0.4 is 10.2 Å². The minimum atomic E-state index is -0.572. The van der Waals surface area contributed by atoms with Crippen LogP contribution in [0.3, 0.4) is 0 Å². The van der Waals surface area contributed by atoms with E-state index in [1.807, 2.05) is 36.4 Å². The normalized spacial score (nSPS) is 14.0. The second-order valence-electron chi connectivity index (χ2n) is 7.25. The smallest absolute Gasteiger partial charge is 0.413 e. The summed E-state index contributed by atoms with van der Waals surface area (Å²) < 4.78 is 5.25. The fraction of sp³-hybridized carbons (Fsp3) is 0.350. The molecule has 136 valence electrons. The number of ether oxygens (including phenoxy) is 1. The van der Waals surface area contributed by atoms with Crippen molar-refractivity contribution in [1.29, 1.82) is 0 Å². The molecule has 2 aromatic rings. The van der Waals surface area contributed by atoms with Gasteiger partial charge in [-0.15, -0.1) is 0 Å². The van der Waals surface area contributed by atoms with E-state index >= 15 is 0 Å². The number of carbonyl (C=O) groups excluding carboxylic acids is 2. The third kappa shape index (κ3) is 4.39. The van der Waals surface area contributed by atoms with E-state index in [2.05, 4.69) is 10.3 Å². The van der Waals surface area contributed by atoms with Gasteiger partial charge in [0.25, 0.3) is 0 Å². The van der Waals surface area contributed by atoms with E-state index < -0.39 is 11.7 Å². The van der Waals surface area contributed by atoms with Gasteiger partial charge in [-0.05, 0) is 38.5 Å². The first kappa shape index (κ1) is 17.9. The van der Waals surface area contributed by atoms with Crippen molar-refractivity contribution >= 4 is 23.5 Å². The summed E-state index contributed by atoms with van der Waals surface area (Å²) in [5.41, 5.74) is 2.08. The number of pyridine rings is 1. The zero-order valence-corrected chi connectivity index (χ0v) is 15.3. The Labute approximate surface area is 153 Å². The molecule has 1 aromatic heterocycles. The maximum absolute atomic E-state index is 12.4. The molecule has 1 aliphatic rings. The molecule has 26 heavy (non-hydrogen) atoms. The average Bonchev–Trinajstić information content (AvgIpc) is 2.56. The van der Waals surface area contributed by atoms with Crippen LogP contribution in [0.15, 0.2) is 42.5 Å². The van der Waals surface area contributed by atoms with Crippen molar-refractivity contribution in [2.24, 2.45) is 0 Å². The van der Waals surface area contributed by atoms with Crippen LogP contribution in [-0.2, 0) is 22.5 Å². The van der Waals surface area contributed by atoms with Crippen LogP contribution in [0.25, 0.3) is 0 Å². The lowest BCUT2D eigenvalue weighted by molar-refractivity contribution is -0.119. The second-order valence-corrected chi connectivity index (χ2v) is 7.25. The number of rotatable bonds is 3. The molecule has 6 heteroatoms. The highest BCUT2D eigenvalue weighted by atomic mass is 16.6. The topological polar surface area (TPSA) is 71.5 Å². The van der Waals surface area contributed by atoms with E-state index in [9.17, 15) is 9.59 Å². The van der Waals surface area contributed by atoms with Gasteiger partial charge in [-0.25, -0.2) is 9.78 Å². The monoisotopic (exact) mass is 353 g/mol. The highest BCUT2D eigenvalue weighted by molar-refractivity contribution is 5.96. The summed E-state index contributed by atoms with van der Waals surface area (Å²) >= 11 is 0. The SMILES string of the molecule is CC(C)(C)OC(=O)Nc1ccc2c(n1)CCC(=O)N2Cc1ccccc1. The molecular formula is C20H23N3O3. The van der Waals surface area contributed by atoms with Gasteiger partial charge in [0.15, 0.2) is 0 Å². The van der Waals surface area contributed by atoms with Gasteiger partial charge in [-0.1, -0.05) is 30.3 Å². The van der Waals surface area contributed by atoms with E-state index in [4.69, 9.17) is 4.74 Å². The highest BCUT2D eigenvalue weighted by Gasteiger charge is 2.26. The van der Waals surface area contributed by atoms with Crippen molar-refractivity contribution in [1.82, 2.24) is 4.98 Å². The van der Waals surface area contributed by atoms with Crippen molar-refractivity contribution in [3.05, 3.63) is 53.7 Å². The first-order chi connectivity index (χ1) is 12.3. The summed E-state index contributed by atoms with van der Waals surface area (Å²) in [6.07, 6.45) is 0.421. The summed E-state index contributed by atoms with van der Waals surface area (Å²) in [7, 11) is 0. The number of amides is 2. The first-order valence-electron chi connectivity index (χ1n) is 8.66. The molecule has 2 heterocycles. The summed E-state index contributed by atoms with van der Waals surface area (Å²) in [5.74, 6) is 0.503. The maximum Gasteiger partial charge on any atom is 0.413 e. The number of aryl methyl sites for hydroxylation is 1. The van der Waals surface area contributed by atoms with Crippen LogP contribution in [0, 0.1) is 0 Å². The van der Waals surface area contributed by atoms with Crippen LogP contribution in [0.1, 0.15) is 38.4 Å². The van der Waals surface area contributed by atoms with Gasteiger partial charge < -0.3 is 9.64 Å². The summed E-state index contributed by atoms with van der Waals surface area (Å²) in [6, 6.07) is 13.4. The number of fused-ring (bicyclic) bond motifs is 1. The van der Waals surface area contributed by atoms with Crippen molar-refractivity contribution in [3.63, 3.8) is 0 Å². The Kier molecular flexibility index (Phi) is 4.93. The van der Waals surface area contributed by atoms with E-state index in [1.54, 1.807) is 31.7 Å². The first-order valence-corrected chi connectivity index (χ1v) is 8.66. The van der Waals surface area contributed by atoms with Crippen molar-refractivity contribution in [2.75, 3.05) is 10.2 Å². The minimum absolute atomic E-state index is 0.0796. The molecule has 0 saturated carbocycles. The van der Waals surface area contributed by atoms with Crippen molar-refractivity contribution in [3.8, 4) is 0 Å². The number of nitrogens with zero attached hydrogens (tertiary/aromatic N) is 2. The molecule has 1 aliphatic heterocycles. The maximum atomic E-state index is 12.4. The molecule has 0 saturated heterocycles. The van der Waals surface area contributed by atoms with E-state index in [0.717, 1.165) is 16.9 Å². The highest BCUT2D eigenvalue weighted by Crippen LogP contribution is 2.29. The fourth-order valence-electron chi connectivity index (χ4n) is 2.84. The van der Waals surface area contributed by atoms with Crippen LogP contribution >= 0.6 is 0 Å². The number of anilines is 2. The number of hydrogen-bond acceptors (Lipinski definition) is 4. The van der Waals surface area contributed by atoms with Crippen molar-refractivity contribution in [2.45, 2.75) is 45.8 Å². The lowest BCUT2D eigenvalue weighted by Gasteiger charge is -2.29. The Balaban J connectivity index is 1.78. The summed E-state index contributed by atoms with van der Waals surface area (Å²) in [6.45, 7) is 5.92. The molecule has 0 unspecified atom stereocenters. The number of nitrogens with one attached hydrogen (secondary N) is 1. The fourth-order valence-corrected chi connectivity index (χ4v) is 2.84. The Morgan fingerprint density at radius 1 is 1.15 bits per heavy atom. The summed E-state index contributed by atoms with van der Waals surface area (Å²) in [4.78, 5) is 30.6. The van der Waals surface area contributed by atoms with Crippen LogP contribution in [0.4, 0.5) is 16.3 Å². The molecule has 0 spiro atoms. The van der Waals surface area contributed by atoms with Gasteiger partial charge in [0.2, 0.25) is 5.91 Å². The van der Waals surface area contributed by atoms with Gasteiger partial charge in [-0.3, -0.25) is 10.1 Å². The number of carbonyl (C=O) groups is 2. The predicted octanol–water partition coefficient (Wildman–Crippen LogP) is 3.91. The minimum Gasteiger partial charge on any atom is -0.444 e. The number of benzene rings is 1. The largest absolute Gasteiger partial charge is 0.444 e. The molecule has 1 N–H and O–H groups in total. The molecule has 0 bridgehead atoms. The molecule has 0 fully saturated rings. The van der Waals surface area contributed by atoms with E-state index in [0.29, 0.717) is 25.2 Å². The van der Waals surface area contributed by atoms with Crippen LogP contribution in [-0.4, -0.2) is 22.6 Å². The molecular weight excluding hydrogens is 330 g/mol. The Morgan fingerprint density at radius 3 is 2.58 bits per heavy atom. The Bertz CT molecular complexity index is 813. The standard InChI is InChI=1S/C20H23N3O3/c1-20(2,3)26-19(25)22-17-11-10-16-15(21-17)9-12-18(24)23(16)13-14-7-5-4-6-8-14/h4-8,10-11H,9,12-13H2,1-3H3,(H,21,22,25). The molecule has 3 rings (SSSR count). The van der Waals surface area contributed by atoms with Crippen molar-refractivity contribution < 1.29 is 14.3 Å². The van der Waals surface area contributed by atoms with Gasteiger partial charge in [0, 0.05) is 12.8 Å². The quantitative estimate of drug-likeness (QED) is 0.908. The van der Waals surface area contributed by atoms with Gasteiger partial charge >= 0.3 is 6.09 Å². The van der Waals surface area contributed by atoms with E-state index in [-0.39, 0.29) is 5.91 Å². The van der Waals surface area contributed by atoms with Crippen LogP contribution in [0.2, 0.25) is 0 Å². The second kappa shape index (κ2) is 7.15. The molecule has 0 aliphatic carbocycles. The predicted molar refractivity (Wildman–Crippen MR) is 100 cm³/mol. The molecule has 6 nitrogen and oxygen atoms in total. The summed E-state index contributed by atoms with van der Waals surface area (Å²) in [5, 5.41) is 2.65. The molecule has 1 aromatic carbocycles. The van der Waals surface area contributed by atoms with E-state index in [1.165, 1.54) is 0 Å². The van der Waals surface area contributed by atoms with Gasteiger partial charge in [0.05, 0.1) is 17.9 Å². The lowest BCUT2D eigenvalue weighted by Crippen LogP contribution is -2.35. The molecule has 0 radical (unpaired) electrons. The zero-order chi connectivity index (χ0) is 18.7. The van der Waals surface area contributed by atoms with Gasteiger partial charge in [0.1, 0.15) is 11.4 Å². The Hall–Kier alpha value is -2.89. The van der Waals surface area contributed by atoms with Crippen LogP contribution in [0.5, 0.6) is 0 Å². The molecule has 2 amide bonds. The number of hydrogen-bond donors (Lipinski definition) is 1. The molecule has 0 atom stereocenters. The Morgan fingerprint density at radius 2 is 1.88 bits per heavy atom. The third-order valence-corrected chi connectivity index (χ3v) is 3.93. The third-order valence-electron chi connectivity index (χ3n) is 3.93. The zero-order valence-electron chi connectivity index (χ0n) is 15.3. The number of aromatic nitrogens is 1. The van der Waals surface area contributed by atoms with Gasteiger partial charge in [-0.2, -0.15) is 0 Å².